The van der Waals surface area contributed by atoms with Crippen LogP contribution in [0.5, 0.6) is 0 Å². The normalized spacial score (nSPS) is 13.8. The quantitative estimate of drug-likeness (QED) is 0.894. The molecule has 2 amide bonds. The Morgan fingerprint density at radius 1 is 1.19 bits per heavy atom. The summed E-state index contributed by atoms with van der Waals surface area (Å²) in [5.41, 5.74) is 1.24. The van der Waals surface area contributed by atoms with Crippen molar-refractivity contribution in [2.75, 3.05) is 36.4 Å². The lowest BCUT2D eigenvalue weighted by Crippen LogP contribution is -2.48. The zero-order valence-electron chi connectivity index (χ0n) is 14.3. The van der Waals surface area contributed by atoms with Crippen LogP contribution < -0.4 is 10.2 Å². The Kier molecular flexibility index (Phi) is 5.08. The second kappa shape index (κ2) is 7.61. The molecule has 1 fully saturated rings. The maximum atomic E-state index is 12.4. The van der Waals surface area contributed by atoms with Gasteiger partial charge in [0.1, 0.15) is 5.69 Å². The van der Waals surface area contributed by atoms with Crippen molar-refractivity contribution >= 4 is 23.5 Å². The number of hydrogen-bond donors (Lipinski definition) is 1. The molecule has 0 spiro atoms. The Morgan fingerprint density at radius 3 is 2.65 bits per heavy atom. The third kappa shape index (κ3) is 3.95. The number of nitrogens with one attached hydrogen (secondary N) is 1. The maximum Gasteiger partial charge on any atom is 0.274 e. The minimum Gasteiger partial charge on any atom is -0.339 e. The highest BCUT2D eigenvalue weighted by molar-refractivity contribution is 6.03. The maximum absolute atomic E-state index is 12.4. The van der Waals surface area contributed by atoms with Crippen molar-refractivity contribution < 1.29 is 9.59 Å². The van der Waals surface area contributed by atoms with Gasteiger partial charge in [-0.25, -0.2) is 9.97 Å². The van der Waals surface area contributed by atoms with Gasteiger partial charge in [-0.15, -0.1) is 0 Å². The van der Waals surface area contributed by atoms with E-state index in [0.717, 1.165) is 0 Å². The second-order valence-electron chi connectivity index (χ2n) is 5.88. The Labute approximate surface area is 151 Å². The van der Waals surface area contributed by atoms with Gasteiger partial charge in [-0.05, 0) is 24.3 Å². The molecule has 8 heteroatoms. The average Bonchev–Trinajstić information content (AvgIpc) is 2.68. The SMILES string of the molecule is CC(=O)N1CCN(c2nccc(C(=O)Nc3cccc(C#N)c3)n2)CC1. The van der Waals surface area contributed by atoms with Crippen LogP contribution in [0, 0.1) is 11.3 Å². The Hall–Kier alpha value is -3.47. The largest absolute Gasteiger partial charge is 0.339 e. The number of aromatic nitrogens is 2. The van der Waals surface area contributed by atoms with E-state index in [2.05, 4.69) is 15.3 Å². The van der Waals surface area contributed by atoms with Gasteiger partial charge in [0, 0.05) is 45.0 Å². The highest BCUT2D eigenvalue weighted by Crippen LogP contribution is 2.14. The molecule has 2 heterocycles. The van der Waals surface area contributed by atoms with Crippen LogP contribution in [0.15, 0.2) is 36.5 Å². The van der Waals surface area contributed by atoms with Crippen molar-refractivity contribution in [2.24, 2.45) is 0 Å². The highest BCUT2D eigenvalue weighted by atomic mass is 16.2. The van der Waals surface area contributed by atoms with E-state index in [9.17, 15) is 9.59 Å². The molecule has 1 saturated heterocycles. The topological polar surface area (TPSA) is 102 Å². The summed E-state index contributed by atoms with van der Waals surface area (Å²) in [5, 5.41) is 11.7. The molecule has 132 valence electrons. The molecule has 0 bridgehead atoms. The molecule has 1 aliphatic heterocycles. The van der Waals surface area contributed by atoms with Crippen molar-refractivity contribution in [1.82, 2.24) is 14.9 Å². The number of nitriles is 1. The Bertz CT molecular complexity index is 868. The molecule has 0 saturated carbocycles. The predicted molar refractivity (Wildman–Crippen MR) is 95.6 cm³/mol. The minimum atomic E-state index is -0.369. The van der Waals surface area contributed by atoms with Gasteiger partial charge in [0.15, 0.2) is 0 Å². The van der Waals surface area contributed by atoms with Gasteiger partial charge in [0.2, 0.25) is 11.9 Å². The van der Waals surface area contributed by atoms with Gasteiger partial charge in [0.05, 0.1) is 11.6 Å². The summed E-state index contributed by atoms with van der Waals surface area (Å²) in [6.07, 6.45) is 1.54. The number of carbonyl (C=O) groups excluding carboxylic acids is 2. The van der Waals surface area contributed by atoms with E-state index in [0.29, 0.717) is 43.4 Å². The molecule has 1 aliphatic rings. The lowest BCUT2D eigenvalue weighted by atomic mass is 10.2. The summed E-state index contributed by atoms with van der Waals surface area (Å²) in [4.78, 5) is 36.1. The zero-order valence-corrected chi connectivity index (χ0v) is 14.3. The molecule has 0 unspecified atom stereocenters. The lowest BCUT2D eigenvalue weighted by molar-refractivity contribution is -0.129. The van der Waals surface area contributed by atoms with Crippen molar-refractivity contribution in [3.8, 4) is 6.07 Å². The molecule has 3 rings (SSSR count). The number of piperazine rings is 1. The number of nitrogens with zero attached hydrogens (tertiary/aromatic N) is 5. The molecule has 0 radical (unpaired) electrons. The molecule has 8 nitrogen and oxygen atoms in total. The minimum absolute atomic E-state index is 0.0540. The molecule has 2 aromatic rings. The summed E-state index contributed by atoms with van der Waals surface area (Å²) in [7, 11) is 0. The fraction of sp³-hybridized carbons (Fsp3) is 0.278. The first-order valence-corrected chi connectivity index (χ1v) is 8.22. The summed E-state index contributed by atoms with van der Waals surface area (Å²) in [6.45, 7) is 4.01. The Balaban J connectivity index is 1.70. The van der Waals surface area contributed by atoms with Crippen molar-refractivity contribution in [3.05, 3.63) is 47.8 Å². The van der Waals surface area contributed by atoms with E-state index in [1.807, 2.05) is 11.0 Å². The van der Waals surface area contributed by atoms with Crippen LogP contribution in [-0.2, 0) is 4.79 Å². The van der Waals surface area contributed by atoms with Crippen LogP contribution in [0.25, 0.3) is 0 Å². The molecular formula is C18H18N6O2. The first kappa shape index (κ1) is 17.4. The number of carbonyl (C=O) groups is 2. The lowest BCUT2D eigenvalue weighted by Gasteiger charge is -2.34. The summed E-state index contributed by atoms with van der Waals surface area (Å²) >= 11 is 0. The van der Waals surface area contributed by atoms with Crippen molar-refractivity contribution in [2.45, 2.75) is 6.92 Å². The molecule has 0 atom stereocenters. The van der Waals surface area contributed by atoms with Gasteiger partial charge in [0.25, 0.3) is 5.91 Å². The smallest absolute Gasteiger partial charge is 0.274 e. The molecular weight excluding hydrogens is 332 g/mol. The Morgan fingerprint density at radius 2 is 1.96 bits per heavy atom. The second-order valence-corrected chi connectivity index (χ2v) is 5.88. The zero-order chi connectivity index (χ0) is 18.5. The van der Waals surface area contributed by atoms with E-state index in [1.165, 1.54) is 0 Å². The number of benzene rings is 1. The average molecular weight is 350 g/mol. The molecule has 26 heavy (non-hydrogen) atoms. The summed E-state index contributed by atoms with van der Waals surface area (Å²) in [6, 6.07) is 10.2. The number of anilines is 2. The number of amides is 2. The van der Waals surface area contributed by atoms with Crippen LogP contribution >= 0.6 is 0 Å². The van der Waals surface area contributed by atoms with Crippen LogP contribution in [0.1, 0.15) is 23.0 Å². The predicted octanol–water partition coefficient (Wildman–Crippen LogP) is 1.27. The summed E-state index contributed by atoms with van der Waals surface area (Å²) < 4.78 is 0. The van der Waals surface area contributed by atoms with E-state index in [1.54, 1.807) is 48.4 Å². The van der Waals surface area contributed by atoms with Crippen LogP contribution in [0.3, 0.4) is 0 Å². The first-order chi connectivity index (χ1) is 12.6. The molecule has 1 aromatic carbocycles. The van der Waals surface area contributed by atoms with Gasteiger partial charge < -0.3 is 15.1 Å². The number of rotatable bonds is 3. The number of hydrogen-bond acceptors (Lipinski definition) is 6. The standard InChI is InChI=1S/C18H18N6O2/c1-13(25)23-7-9-24(10-8-23)18-20-6-5-16(22-18)17(26)21-15-4-2-3-14(11-15)12-19/h2-6,11H,7-10H2,1H3,(H,21,26). The van der Waals surface area contributed by atoms with Crippen LogP contribution in [0.4, 0.5) is 11.6 Å². The van der Waals surface area contributed by atoms with E-state index in [4.69, 9.17) is 5.26 Å². The molecule has 0 aliphatic carbocycles. The van der Waals surface area contributed by atoms with Crippen LogP contribution in [0.2, 0.25) is 0 Å². The fourth-order valence-electron chi connectivity index (χ4n) is 2.71. The molecule has 1 aromatic heterocycles. The first-order valence-electron chi connectivity index (χ1n) is 8.22. The third-order valence-corrected chi connectivity index (χ3v) is 4.13. The van der Waals surface area contributed by atoms with Crippen molar-refractivity contribution in [3.63, 3.8) is 0 Å². The fourth-order valence-corrected chi connectivity index (χ4v) is 2.71. The molecule has 1 N–H and O–H groups in total. The van der Waals surface area contributed by atoms with E-state index >= 15 is 0 Å². The van der Waals surface area contributed by atoms with Gasteiger partial charge >= 0.3 is 0 Å². The van der Waals surface area contributed by atoms with Crippen molar-refractivity contribution in [1.29, 1.82) is 5.26 Å². The van der Waals surface area contributed by atoms with E-state index < -0.39 is 0 Å². The third-order valence-electron chi connectivity index (χ3n) is 4.13. The van der Waals surface area contributed by atoms with Gasteiger partial charge in [-0.1, -0.05) is 6.07 Å². The highest BCUT2D eigenvalue weighted by Gasteiger charge is 2.21. The van der Waals surface area contributed by atoms with Gasteiger partial charge in [-0.3, -0.25) is 9.59 Å². The van der Waals surface area contributed by atoms with E-state index in [-0.39, 0.29) is 17.5 Å². The summed E-state index contributed by atoms with van der Waals surface area (Å²) in [5.74, 6) is 0.149. The monoisotopic (exact) mass is 350 g/mol. The van der Waals surface area contributed by atoms with Crippen LogP contribution in [-0.4, -0.2) is 52.9 Å². The van der Waals surface area contributed by atoms with Gasteiger partial charge in [-0.2, -0.15) is 5.26 Å².